The zero-order chi connectivity index (χ0) is 11.0. The van der Waals surface area contributed by atoms with E-state index in [2.05, 4.69) is 10.5 Å². The molecule has 0 saturated carbocycles. The van der Waals surface area contributed by atoms with Gasteiger partial charge >= 0.3 is 0 Å². The fraction of sp³-hybridized carbons (Fsp3) is 0.889. The van der Waals surface area contributed by atoms with Crippen molar-refractivity contribution >= 4 is 5.84 Å². The maximum absolute atomic E-state index is 9.37. The van der Waals surface area contributed by atoms with Gasteiger partial charge in [-0.1, -0.05) is 5.16 Å². The molecule has 0 bridgehead atoms. The molecule has 0 rings (SSSR count). The topological polar surface area (TPSA) is 90.9 Å². The van der Waals surface area contributed by atoms with Gasteiger partial charge in [0.25, 0.3) is 0 Å². The van der Waals surface area contributed by atoms with E-state index >= 15 is 0 Å². The van der Waals surface area contributed by atoms with Gasteiger partial charge in [0.15, 0.2) is 0 Å². The number of oxime groups is 1. The van der Waals surface area contributed by atoms with Gasteiger partial charge in [0, 0.05) is 13.0 Å². The Balaban J connectivity index is 3.23. The van der Waals surface area contributed by atoms with Gasteiger partial charge in [0.05, 0.1) is 5.60 Å². The van der Waals surface area contributed by atoms with Gasteiger partial charge in [-0.25, -0.2) is 0 Å². The maximum Gasteiger partial charge on any atom is 0.139 e. The van der Waals surface area contributed by atoms with Crippen molar-refractivity contribution in [3.05, 3.63) is 0 Å². The number of nitrogens with one attached hydrogen (secondary N) is 1. The lowest BCUT2D eigenvalue weighted by Crippen LogP contribution is -2.35. The lowest BCUT2D eigenvalue weighted by molar-refractivity contribution is 0.0799. The minimum absolute atomic E-state index is 0.271. The average Bonchev–Trinajstić information content (AvgIpc) is 2.08. The first-order chi connectivity index (χ1) is 6.45. The number of nitrogens with zero attached hydrogens (tertiary/aromatic N) is 1. The second-order valence-corrected chi connectivity index (χ2v) is 4.04. The molecule has 0 aliphatic heterocycles. The lowest BCUT2D eigenvalue weighted by atomic mass is 10.1. The minimum Gasteiger partial charge on any atom is -0.409 e. The van der Waals surface area contributed by atoms with E-state index in [1.165, 1.54) is 0 Å². The Hall–Kier alpha value is -0.810. The van der Waals surface area contributed by atoms with Crippen LogP contribution in [0.5, 0.6) is 0 Å². The first kappa shape index (κ1) is 13.2. The summed E-state index contributed by atoms with van der Waals surface area (Å²) in [4.78, 5) is 0. The number of amidine groups is 1. The predicted molar refractivity (Wildman–Crippen MR) is 56.4 cm³/mol. The van der Waals surface area contributed by atoms with Gasteiger partial charge in [-0.05, 0) is 33.2 Å². The Bertz CT molecular complexity index is 175. The van der Waals surface area contributed by atoms with Crippen LogP contribution in [0.4, 0.5) is 0 Å². The molecule has 0 amide bonds. The van der Waals surface area contributed by atoms with E-state index in [9.17, 15) is 5.11 Å². The zero-order valence-corrected chi connectivity index (χ0v) is 8.95. The molecule has 0 saturated heterocycles. The maximum atomic E-state index is 9.37. The highest BCUT2D eigenvalue weighted by Gasteiger charge is 2.10. The van der Waals surface area contributed by atoms with E-state index in [4.69, 9.17) is 10.9 Å². The fourth-order valence-electron chi connectivity index (χ4n) is 1.00. The second-order valence-electron chi connectivity index (χ2n) is 4.04. The van der Waals surface area contributed by atoms with Crippen molar-refractivity contribution in [2.24, 2.45) is 10.9 Å². The molecule has 5 N–H and O–H groups in total. The highest BCUT2D eigenvalue weighted by atomic mass is 16.4. The van der Waals surface area contributed by atoms with Crippen molar-refractivity contribution in [3.8, 4) is 0 Å². The molecule has 0 unspecified atom stereocenters. The standard InChI is InChI=1S/C9H21N3O2/c1-9(2,13)7-11-6-4-3-5-8(10)12-14/h11,13-14H,3-7H2,1-2H3,(H2,10,12). The predicted octanol–water partition coefficient (Wildman–Crippen LogP) is 0.264. The summed E-state index contributed by atoms with van der Waals surface area (Å²) in [6.07, 6.45) is 2.45. The molecule has 0 aromatic rings. The first-order valence-corrected chi connectivity index (χ1v) is 4.85. The fourth-order valence-corrected chi connectivity index (χ4v) is 1.00. The molecule has 0 aromatic heterocycles. The minimum atomic E-state index is -0.661. The lowest BCUT2D eigenvalue weighted by Gasteiger charge is -2.17. The van der Waals surface area contributed by atoms with Crippen LogP contribution in [0.15, 0.2) is 5.16 Å². The van der Waals surface area contributed by atoms with Crippen LogP contribution < -0.4 is 11.1 Å². The molecule has 5 nitrogen and oxygen atoms in total. The van der Waals surface area contributed by atoms with E-state index < -0.39 is 5.60 Å². The Morgan fingerprint density at radius 2 is 2.07 bits per heavy atom. The summed E-state index contributed by atoms with van der Waals surface area (Å²) in [6.45, 7) is 4.94. The second kappa shape index (κ2) is 6.62. The average molecular weight is 203 g/mol. The summed E-state index contributed by atoms with van der Waals surface area (Å²) in [5.41, 5.74) is 4.64. The smallest absolute Gasteiger partial charge is 0.139 e. The van der Waals surface area contributed by atoms with Gasteiger partial charge < -0.3 is 21.4 Å². The summed E-state index contributed by atoms with van der Waals surface area (Å²) in [5, 5.41) is 23.6. The van der Waals surface area contributed by atoms with Crippen LogP contribution in [-0.4, -0.2) is 34.8 Å². The van der Waals surface area contributed by atoms with E-state index in [0.29, 0.717) is 13.0 Å². The Morgan fingerprint density at radius 1 is 1.43 bits per heavy atom. The largest absolute Gasteiger partial charge is 0.409 e. The summed E-state index contributed by atoms with van der Waals surface area (Å²) in [7, 11) is 0. The molecule has 0 heterocycles. The third-order valence-electron chi connectivity index (χ3n) is 1.72. The van der Waals surface area contributed by atoms with Crippen molar-refractivity contribution in [3.63, 3.8) is 0 Å². The normalized spacial score (nSPS) is 13.2. The van der Waals surface area contributed by atoms with Crippen molar-refractivity contribution in [1.29, 1.82) is 0 Å². The SMILES string of the molecule is CC(C)(O)CNCCCCC(N)=NO. The number of rotatable bonds is 7. The van der Waals surface area contributed by atoms with Gasteiger partial charge in [-0.2, -0.15) is 0 Å². The molecule has 0 radical (unpaired) electrons. The molecule has 84 valence electrons. The molecule has 0 aliphatic rings. The number of aliphatic hydroxyl groups is 1. The zero-order valence-electron chi connectivity index (χ0n) is 8.95. The molecule has 0 atom stereocenters. The van der Waals surface area contributed by atoms with Gasteiger partial charge in [0.2, 0.25) is 0 Å². The van der Waals surface area contributed by atoms with Gasteiger partial charge in [0.1, 0.15) is 5.84 Å². The quantitative estimate of drug-likeness (QED) is 0.157. The van der Waals surface area contributed by atoms with Crippen LogP contribution in [0.1, 0.15) is 33.1 Å². The molecule has 0 aliphatic carbocycles. The highest BCUT2D eigenvalue weighted by Crippen LogP contribution is 1.98. The van der Waals surface area contributed by atoms with Crippen LogP contribution in [0.25, 0.3) is 0 Å². The summed E-state index contributed by atoms with van der Waals surface area (Å²) >= 11 is 0. The molecular formula is C9H21N3O2. The van der Waals surface area contributed by atoms with E-state index in [0.717, 1.165) is 19.4 Å². The Morgan fingerprint density at radius 3 is 2.57 bits per heavy atom. The Kier molecular flexibility index (Phi) is 6.23. The van der Waals surface area contributed by atoms with Crippen molar-refractivity contribution < 1.29 is 10.3 Å². The first-order valence-electron chi connectivity index (χ1n) is 4.85. The van der Waals surface area contributed by atoms with Crippen molar-refractivity contribution in [2.45, 2.75) is 38.7 Å². The van der Waals surface area contributed by atoms with Gasteiger partial charge in [-0.15, -0.1) is 0 Å². The van der Waals surface area contributed by atoms with Crippen LogP contribution >= 0.6 is 0 Å². The highest BCUT2D eigenvalue weighted by molar-refractivity contribution is 5.79. The van der Waals surface area contributed by atoms with Crippen LogP contribution in [0, 0.1) is 0 Å². The molecule has 0 aromatic carbocycles. The molecule has 0 spiro atoms. The summed E-state index contributed by atoms with van der Waals surface area (Å²) in [6, 6.07) is 0. The van der Waals surface area contributed by atoms with Gasteiger partial charge in [-0.3, -0.25) is 0 Å². The monoisotopic (exact) mass is 203 g/mol. The third kappa shape index (κ3) is 9.28. The third-order valence-corrected chi connectivity index (χ3v) is 1.72. The summed E-state index contributed by atoms with van der Waals surface area (Å²) < 4.78 is 0. The number of unbranched alkanes of at least 4 members (excludes halogenated alkanes) is 1. The molecule has 5 heteroatoms. The summed E-state index contributed by atoms with van der Waals surface area (Å²) in [5.74, 6) is 0.271. The van der Waals surface area contributed by atoms with Crippen LogP contribution in [0.2, 0.25) is 0 Å². The van der Waals surface area contributed by atoms with E-state index in [-0.39, 0.29) is 5.84 Å². The van der Waals surface area contributed by atoms with Crippen molar-refractivity contribution in [1.82, 2.24) is 5.32 Å². The van der Waals surface area contributed by atoms with Crippen molar-refractivity contribution in [2.75, 3.05) is 13.1 Å². The van der Waals surface area contributed by atoms with E-state index in [1.54, 1.807) is 13.8 Å². The van der Waals surface area contributed by atoms with E-state index in [1.807, 2.05) is 0 Å². The van der Waals surface area contributed by atoms with Crippen LogP contribution in [0.3, 0.4) is 0 Å². The molecule has 0 fully saturated rings. The van der Waals surface area contributed by atoms with Crippen LogP contribution in [-0.2, 0) is 0 Å². The number of hydrogen-bond donors (Lipinski definition) is 4. The number of nitrogens with two attached hydrogens (primary N) is 1. The number of hydrogen-bond acceptors (Lipinski definition) is 4. The molecular weight excluding hydrogens is 182 g/mol. The molecule has 14 heavy (non-hydrogen) atoms. The Labute approximate surface area is 85.0 Å².